The number of ether oxygens (including phenoxy) is 1. The van der Waals surface area contributed by atoms with Crippen LogP contribution >= 0.6 is 0 Å². The topological polar surface area (TPSA) is 79.5 Å². The van der Waals surface area contributed by atoms with Gasteiger partial charge >= 0.3 is 0 Å². The maximum atomic E-state index is 12.9. The second kappa shape index (κ2) is 7.91. The van der Waals surface area contributed by atoms with Gasteiger partial charge in [-0.3, -0.25) is 14.4 Å². The zero-order valence-electron chi connectivity index (χ0n) is 16.2. The Labute approximate surface area is 168 Å². The van der Waals surface area contributed by atoms with Crippen LogP contribution < -0.4 is 10.3 Å². The molecule has 1 aliphatic rings. The molecule has 0 radical (unpaired) electrons. The molecule has 0 aliphatic carbocycles. The molecule has 29 heavy (non-hydrogen) atoms. The standard InChI is InChI=1S/C23H22N2O4/c1-29-18-8-6-15(7-9-18)21(26)16-10-12-25(13-11-16)23(28)20-14-17-4-2-3-5-19(17)22(27)24-20/h2-9,14,16H,10-13H2,1H3,(H,24,27). The van der Waals surface area contributed by atoms with Crippen molar-refractivity contribution in [1.29, 1.82) is 0 Å². The van der Waals surface area contributed by atoms with Crippen LogP contribution in [0, 0.1) is 5.92 Å². The van der Waals surface area contributed by atoms with E-state index in [0.717, 1.165) is 5.39 Å². The maximum Gasteiger partial charge on any atom is 0.270 e. The Balaban J connectivity index is 1.44. The summed E-state index contributed by atoms with van der Waals surface area (Å²) in [6.45, 7) is 0.973. The summed E-state index contributed by atoms with van der Waals surface area (Å²) in [4.78, 5) is 42.3. The van der Waals surface area contributed by atoms with Crippen molar-refractivity contribution in [2.24, 2.45) is 5.92 Å². The number of carbonyl (C=O) groups excluding carboxylic acids is 2. The number of piperidine rings is 1. The first-order chi connectivity index (χ1) is 14.1. The highest BCUT2D eigenvalue weighted by Gasteiger charge is 2.29. The van der Waals surface area contributed by atoms with Gasteiger partial charge in [0.2, 0.25) is 0 Å². The zero-order valence-corrected chi connectivity index (χ0v) is 16.2. The molecule has 1 N–H and O–H groups in total. The van der Waals surface area contributed by atoms with Gasteiger partial charge < -0.3 is 14.6 Å². The number of hydrogen-bond acceptors (Lipinski definition) is 4. The van der Waals surface area contributed by atoms with E-state index in [4.69, 9.17) is 4.74 Å². The average Bonchev–Trinajstić information content (AvgIpc) is 2.78. The molecule has 1 aromatic heterocycles. The molecule has 0 atom stereocenters. The van der Waals surface area contributed by atoms with Gasteiger partial charge in [0.15, 0.2) is 5.78 Å². The number of hydrogen-bond donors (Lipinski definition) is 1. The number of H-pyrrole nitrogens is 1. The number of rotatable bonds is 4. The van der Waals surface area contributed by atoms with Gasteiger partial charge in [0, 0.05) is 30.0 Å². The van der Waals surface area contributed by atoms with E-state index in [1.165, 1.54) is 0 Å². The summed E-state index contributed by atoms with van der Waals surface area (Å²) in [5.41, 5.74) is 0.680. The highest BCUT2D eigenvalue weighted by Crippen LogP contribution is 2.24. The van der Waals surface area contributed by atoms with Crippen molar-refractivity contribution < 1.29 is 14.3 Å². The van der Waals surface area contributed by atoms with Crippen LogP contribution in [0.2, 0.25) is 0 Å². The van der Waals surface area contributed by atoms with Crippen LogP contribution in [0.25, 0.3) is 10.8 Å². The first kappa shape index (κ1) is 18.9. The quantitative estimate of drug-likeness (QED) is 0.694. The molecular formula is C23H22N2O4. The minimum absolute atomic E-state index is 0.0962. The van der Waals surface area contributed by atoms with Gasteiger partial charge in [-0.25, -0.2) is 0 Å². The SMILES string of the molecule is COc1ccc(C(=O)C2CCN(C(=O)c3cc4ccccc4c(=O)[nH]3)CC2)cc1. The normalized spacial score (nSPS) is 14.7. The van der Waals surface area contributed by atoms with E-state index in [-0.39, 0.29) is 28.9 Å². The molecule has 0 spiro atoms. The van der Waals surface area contributed by atoms with E-state index < -0.39 is 0 Å². The van der Waals surface area contributed by atoms with Crippen LogP contribution in [0.15, 0.2) is 59.4 Å². The molecule has 4 rings (SSSR count). The van der Waals surface area contributed by atoms with Crippen LogP contribution in [0.5, 0.6) is 5.75 Å². The molecule has 1 amide bonds. The number of likely N-dealkylation sites (tertiary alicyclic amines) is 1. The Morgan fingerprint density at radius 1 is 1.03 bits per heavy atom. The molecule has 1 fully saturated rings. The Morgan fingerprint density at radius 2 is 1.72 bits per heavy atom. The van der Waals surface area contributed by atoms with Crippen molar-refractivity contribution in [3.05, 3.63) is 76.2 Å². The number of benzene rings is 2. The number of aromatic amines is 1. The van der Waals surface area contributed by atoms with E-state index in [1.54, 1.807) is 54.5 Å². The van der Waals surface area contributed by atoms with Crippen LogP contribution in [0.1, 0.15) is 33.7 Å². The van der Waals surface area contributed by atoms with Gasteiger partial charge in [-0.05, 0) is 54.6 Å². The van der Waals surface area contributed by atoms with Crippen molar-refractivity contribution in [3.8, 4) is 5.75 Å². The second-order valence-electron chi connectivity index (χ2n) is 7.26. The van der Waals surface area contributed by atoms with Gasteiger partial charge in [-0.15, -0.1) is 0 Å². The maximum absolute atomic E-state index is 12.9. The monoisotopic (exact) mass is 390 g/mol. The van der Waals surface area contributed by atoms with Crippen LogP contribution in [-0.4, -0.2) is 41.8 Å². The van der Waals surface area contributed by atoms with Crippen molar-refractivity contribution in [2.75, 3.05) is 20.2 Å². The smallest absolute Gasteiger partial charge is 0.270 e. The van der Waals surface area contributed by atoms with E-state index in [0.29, 0.717) is 42.6 Å². The fourth-order valence-electron chi connectivity index (χ4n) is 3.83. The lowest BCUT2D eigenvalue weighted by Gasteiger charge is -2.31. The largest absolute Gasteiger partial charge is 0.497 e. The fraction of sp³-hybridized carbons (Fsp3) is 0.261. The van der Waals surface area contributed by atoms with E-state index in [1.807, 2.05) is 12.1 Å². The van der Waals surface area contributed by atoms with Crippen LogP contribution in [0.3, 0.4) is 0 Å². The third kappa shape index (κ3) is 3.78. The first-order valence-electron chi connectivity index (χ1n) is 9.66. The van der Waals surface area contributed by atoms with Crippen molar-refractivity contribution in [3.63, 3.8) is 0 Å². The lowest BCUT2D eigenvalue weighted by atomic mass is 9.88. The van der Waals surface area contributed by atoms with E-state index in [2.05, 4.69) is 4.98 Å². The fourth-order valence-corrected chi connectivity index (χ4v) is 3.83. The summed E-state index contributed by atoms with van der Waals surface area (Å²) < 4.78 is 5.13. The summed E-state index contributed by atoms with van der Waals surface area (Å²) in [7, 11) is 1.59. The molecule has 6 heteroatoms. The lowest BCUT2D eigenvalue weighted by molar-refractivity contribution is 0.0645. The zero-order chi connectivity index (χ0) is 20.4. The number of nitrogens with zero attached hydrogens (tertiary/aromatic N) is 1. The molecule has 1 saturated heterocycles. The molecule has 0 saturated carbocycles. The molecular weight excluding hydrogens is 368 g/mol. The molecule has 6 nitrogen and oxygen atoms in total. The summed E-state index contributed by atoms with van der Waals surface area (Å²) in [5.74, 6) is 0.497. The third-order valence-corrected chi connectivity index (χ3v) is 5.51. The Morgan fingerprint density at radius 3 is 2.41 bits per heavy atom. The second-order valence-corrected chi connectivity index (χ2v) is 7.26. The number of nitrogens with one attached hydrogen (secondary N) is 1. The number of pyridine rings is 1. The third-order valence-electron chi connectivity index (χ3n) is 5.51. The Bertz CT molecular complexity index is 1110. The van der Waals surface area contributed by atoms with E-state index in [9.17, 15) is 14.4 Å². The average molecular weight is 390 g/mol. The minimum Gasteiger partial charge on any atom is -0.497 e. The minimum atomic E-state index is -0.268. The summed E-state index contributed by atoms with van der Waals surface area (Å²) in [5, 5.41) is 1.30. The number of methoxy groups -OCH3 is 1. The van der Waals surface area contributed by atoms with Gasteiger partial charge in [0.25, 0.3) is 11.5 Å². The number of carbonyl (C=O) groups is 2. The number of Topliss-reactive ketones (excluding diaryl/α,β-unsaturated/α-hetero) is 1. The highest BCUT2D eigenvalue weighted by atomic mass is 16.5. The summed E-state index contributed by atoms with van der Waals surface area (Å²) >= 11 is 0. The predicted octanol–water partition coefficient (Wildman–Crippen LogP) is 3.27. The summed E-state index contributed by atoms with van der Waals surface area (Å²) in [6.07, 6.45) is 1.21. The van der Waals surface area contributed by atoms with Gasteiger partial charge in [0.1, 0.15) is 11.4 Å². The Hall–Kier alpha value is -3.41. The number of aromatic nitrogens is 1. The van der Waals surface area contributed by atoms with Crippen molar-refractivity contribution in [1.82, 2.24) is 9.88 Å². The molecule has 2 aromatic carbocycles. The predicted molar refractivity (Wildman–Crippen MR) is 111 cm³/mol. The van der Waals surface area contributed by atoms with Gasteiger partial charge in [-0.2, -0.15) is 0 Å². The molecule has 3 aromatic rings. The summed E-state index contributed by atoms with van der Waals surface area (Å²) in [6, 6.07) is 16.0. The molecule has 0 unspecified atom stereocenters. The van der Waals surface area contributed by atoms with Crippen molar-refractivity contribution >= 4 is 22.5 Å². The van der Waals surface area contributed by atoms with Gasteiger partial charge in [0.05, 0.1) is 7.11 Å². The molecule has 0 bridgehead atoms. The highest BCUT2D eigenvalue weighted by molar-refractivity contribution is 5.99. The number of ketones is 1. The van der Waals surface area contributed by atoms with Crippen LogP contribution in [-0.2, 0) is 0 Å². The van der Waals surface area contributed by atoms with E-state index >= 15 is 0 Å². The van der Waals surface area contributed by atoms with Crippen LogP contribution in [0.4, 0.5) is 0 Å². The molecule has 148 valence electrons. The number of fused-ring (bicyclic) bond motifs is 1. The lowest BCUT2D eigenvalue weighted by Crippen LogP contribution is -2.41. The first-order valence-corrected chi connectivity index (χ1v) is 9.66. The molecule has 1 aliphatic heterocycles. The van der Waals surface area contributed by atoms with Crippen molar-refractivity contribution in [2.45, 2.75) is 12.8 Å². The number of amides is 1. The Kier molecular flexibility index (Phi) is 5.16. The van der Waals surface area contributed by atoms with Gasteiger partial charge in [-0.1, -0.05) is 18.2 Å². The molecule has 2 heterocycles.